The van der Waals surface area contributed by atoms with Crippen LogP contribution in [-0.2, 0) is 0 Å². The van der Waals surface area contributed by atoms with Gasteiger partial charge in [0, 0.05) is 54.9 Å². The molecular weight excluding hydrogens is 571 g/mol. The molecule has 0 aromatic heterocycles. The summed E-state index contributed by atoms with van der Waals surface area (Å²) in [7, 11) is 0. The summed E-state index contributed by atoms with van der Waals surface area (Å²) in [6.45, 7) is 19.0. The van der Waals surface area contributed by atoms with Crippen LogP contribution >= 0.6 is 12.1 Å². The van der Waals surface area contributed by atoms with Crippen LogP contribution < -0.4 is 27.8 Å². The van der Waals surface area contributed by atoms with E-state index < -0.39 is 11.6 Å². The lowest BCUT2D eigenvalue weighted by Gasteiger charge is -2.35. The van der Waals surface area contributed by atoms with Crippen molar-refractivity contribution in [2.75, 3.05) is 19.6 Å². The van der Waals surface area contributed by atoms with E-state index in [2.05, 4.69) is 65.4 Å². The van der Waals surface area contributed by atoms with Crippen LogP contribution in [0.2, 0.25) is 0 Å². The Morgan fingerprint density at radius 2 is 1.86 bits per heavy atom. The molecule has 0 spiro atoms. The third-order valence-corrected chi connectivity index (χ3v) is 6.38. The van der Waals surface area contributed by atoms with Gasteiger partial charge in [-0.1, -0.05) is 24.8 Å². The standard InChI is InChI=1S/C20H35N5.C10H9F3N2S.C2H4/c1-5-7-18(6-2)15-24-17(4)25-12-9-19(10-13-25)14-20(22)23-11-8-16(3)21;11-8-2-1-7(5-9(8)12)10(14)6-15-3-4-16-13;1-2/h5-8,11,19-20,24H,4,9-10,12-15,21-22H2,1-3H3;1-6,15H,14H2;1-2H2/b7-5-,16-8-,18-6+,23-11-;4-3-,10-6-;. The SMILES string of the molecule is C=C.C=C(NCC(/C=C\C)=C/C)N1CCC(CC(N)/N=C\C=C(\C)N)CC1.N/C(=C\N/C=C\SF)c1ccc(F)c(F)c1. The summed E-state index contributed by atoms with van der Waals surface area (Å²) < 4.78 is 37.0. The summed E-state index contributed by atoms with van der Waals surface area (Å²) in [6, 6.07) is 3.31. The molecule has 1 saturated heterocycles. The van der Waals surface area contributed by atoms with Crippen molar-refractivity contribution in [1.29, 1.82) is 0 Å². The second-order valence-corrected chi connectivity index (χ2v) is 9.84. The van der Waals surface area contributed by atoms with Crippen molar-refractivity contribution < 1.29 is 12.7 Å². The van der Waals surface area contributed by atoms with Crippen LogP contribution in [0.1, 0.15) is 45.6 Å². The summed E-state index contributed by atoms with van der Waals surface area (Å²) in [6.07, 6.45) is 15.5. The van der Waals surface area contributed by atoms with E-state index in [4.69, 9.17) is 17.2 Å². The molecule has 0 amide bonds. The van der Waals surface area contributed by atoms with Gasteiger partial charge in [-0.25, -0.2) is 8.78 Å². The number of rotatable bonds is 13. The highest BCUT2D eigenvalue weighted by atomic mass is 32.2. The molecule has 7 nitrogen and oxygen atoms in total. The fourth-order valence-electron chi connectivity index (χ4n) is 3.86. The number of nitrogens with zero attached hydrogens (tertiary/aromatic N) is 2. The van der Waals surface area contributed by atoms with E-state index in [9.17, 15) is 12.7 Å². The molecule has 1 fully saturated rings. The van der Waals surface area contributed by atoms with Crippen LogP contribution in [0.5, 0.6) is 0 Å². The van der Waals surface area contributed by atoms with Crippen LogP contribution in [0.4, 0.5) is 12.7 Å². The number of nitrogens with two attached hydrogens (primary N) is 3. The van der Waals surface area contributed by atoms with Crippen molar-refractivity contribution in [2.45, 2.75) is 46.2 Å². The second kappa shape index (κ2) is 23.7. The van der Waals surface area contributed by atoms with Crippen molar-refractivity contribution in [3.8, 4) is 0 Å². The van der Waals surface area contributed by atoms with Gasteiger partial charge >= 0.3 is 0 Å². The number of aliphatic imine (C=N–C) groups is 1. The van der Waals surface area contributed by atoms with Crippen molar-refractivity contribution >= 4 is 24.1 Å². The molecule has 8 N–H and O–H groups in total. The monoisotopic (exact) mass is 619 g/mol. The predicted molar refractivity (Wildman–Crippen MR) is 180 cm³/mol. The van der Waals surface area contributed by atoms with Gasteiger partial charge in [-0.15, -0.1) is 13.2 Å². The minimum Gasteiger partial charge on any atom is -0.402 e. The van der Waals surface area contributed by atoms with Gasteiger partial charge in [-0.2, -0.15) is 3.89 Å². The lowest BCUT2D eigenvalue weighted by atomic mass is 9.92. The number of piperidine rings is 1. The molecule has 1 heterocycles. The largest absolute Gasteiger partial charge is 0.402 e. The fourth-order valence-corrected chi connectivity index (χ4v) is 3.99. The minimum atomic E-state index is -0.969. The molecule has 1 aromatic carbocycles. The van der Waals surface area contributed by atoms with E-state index in [1.807, 2.05) is 13.8 Å². The average molecular weight is 620 g/mol. The third kappa shape index (κ3) is 17.7. The van der Waals surface area contributed by atoms with Crippen LogP contribution in [0.25, 0.3) is 5.70 Å². The lowest BCUT2D eigenvalue weighted by molar-refractivity contribution is 0.204. The molecule has 1 unspecified atom stereocenters. The molecule has 1 atom stereocenters. The first-order chi connectivity index (χ1) is 20.6. The Hall–Kier alpha value is -3.83. The lowest BCUT2D eigenvalue weighted by Crippen LogP contribution is -2.39. The first-order valence-electron chi connectivity index (χ1n) is 13.9. The zero-order valence-electron chi connectivity index (χ0n) is 25.5. The Bertz CT molecular complexity index is 1130. The molecular formula is C32H48F3N7S. The Balaban J connectivity index is 0.000000842. The molecule has 238 valence electrons. The quantitative estimate of drug-likeness (QED) is 0.0960. The second-order valence-electron chi connectivity index (χ2n) is 9.39. The van der Waals surface area contributed by atoms with Gasteiger partial charge in [0.15, 0.2) is 11.6 Å². The molecule has 0 radical (unpaired) electrons. The van der Waals surface area contributed by atoms with E-state index in [-0.39, 0.29) is 24.0 Å². The summed E-state index contributed by atoms with van der Waals surface area (Å²) in [5, 5.41) is 7.16. The number of halogens is 3. The zero-order chi connectivity index (χ0) is 32.6. The maximum Gasteiger partial charge on any atom is 0.159 e. The molecule has 0 bridgehead atoms. The van der Waals surface area contributed by atoms with Crippen molar-refractivity contribution in [3.05, 3.63) is 114 Å². The number of hydrogen-bond acceptors (Lipinski definition) is 8. The van der Waals surface area contributed by atoms with Crippen molar-refractivity contribution in [1.82, 2.24) is 15.5 Å². The maximum absolute atomic E-state index is 12.8. The van der Waals surface area contributed by atoms with Crippen LogP contribution in [0.3, 0.4) is 0 Å². The predicted octanol–water partition coefficient (Wildman–Crippen LogP) is 6.59. The third-order valence-electron chi connectivity index (χ3n) is 6.14. The van der Waals surface area contributed by atoms with Gasteiger partial charge < -0.3 is 32.7 Å². The minimum absolute atomic E-state index is 0.0308. The first-order valence-corrected chi connectivity index (χ1v) is 14.6. The van der Waals surface area contributed by atoms with Crippen LogP contribution in [-0.4, -0.2) is 36.9 Å². The number of likely N-dealkylation sites (tertiary alicyclic amines) is 1. The van der Waals surface area contributed by atoms with E-state index in [1.54, 1.807) is 12.3 Å². The molecule has 0 saturated carbocycles. The van der Waals surface area contributed by atoms with E-state index >= 15 is 0 Å². The number of benzene rings is 1. The average Bonchev–Trinajstić information content (AvgIpc) is 3.00. The summed E-state index contributed by atoms with van der Waals surface area (Å²) in [5.41, 5.74) is 19.8. The van der Waals surface area contributed by atoms with Gasteiger partial charge in [0.1, 0.15) is 0 Å². The van der Waals surface area contributed by atoms with Crippen LogP contribution in [0.15, 0.2) is 102 Å². The van der Waals surface area contributed by atoms with Gasteiger partial charge in [0.05, 0.1) is 29.8 Å². The normalized spacial score (nSPS) is 15.6. The molecule has 1 aliphatic heterocycles. The molecule has 43 heavy (non-hydrogen) atoms. The number of nitrogens with one attached hydrogen (secondary N) is 2. The molecule has 1 aliphatic rings. The topological polar surface area (TPSA) is 118 Å². The highest BCUT2D eigenvalue weighted by Gasteiger charge is 2.21. The summed E-state index contributed by atoms with van der Waals surface area (Å²) in [4.78, 5) is 6.66. The Labute approximate surface area is 260 Å². The van der Waals surface area contributed by atoms with E-state index in [0.717, 1.165) is 68.0 Å². The van der Waals surface area contributed by atoms with Gasteiger partial charge in [-0.05, 0) is 75.8 Å². The maximum atomic E-state index is 12.8. The molecule has 11 heteroatoms. The Morgan fingerprint density at radius 1 is 1.19 bits per heavy atom. The number of allylic oxidation sites excluding steroid dienone is 4. The van der Waals surface area contributed by atoms with E-state index in [1.165, 1.54) is 24.0 Å². The van der Waals surface area contributed by atoms with Gasteiger partial charge in [0.2, 0.25) is 0 Å². The molecule has 1 aromatic rings. The van der Waals surface area contributed by atoms with Crippen molar-refractivity contribution in [3.63, 3.8) is 0 Å². The number of hydrogen-bond donors (Lipinski definition) is 5. The smallest absolute Gasteiger partial charge is 0.159 e. The van der Waals surface area contributed by atoms with Crippen molar-refractivity contribution in [2.24, 2.45) is 28.1 Å². The van der Waals surface area contributed by atoms with Gasteiger partial charge in [-0.3, -0.25) is 4.99 Å². The van der Waals surface area contributed by atoms with Crippen LogP contribution in [0, 0.1) is 17.6 Å². The molecule has 2 rings (SSSR count). The highest BCUT2D eigenvalue weighted by Crippen LogP contribution is 2.23. The fraction of sp³-hybridized carbons (Fsp3) is 0.344. The Kier molecular flexibility index (Phi) is 21.6. The van der Waals surface area contributed by atoms with E-state index in [0.29, 0.717) is 11.5 Å². The highest BCUT2D eigenvalue weighted by molar-refractivity contribution is 7.97. The Morgan fingerprint density at radius 3 is 2.42 bits per heavy atom. The summed E-state index contributed by atoms with van der Waals surface area (Å²) >= 11 is 0.0308. The van der Waals surface area contributed by atoms with Gasteiger partial charge in [0.25, 0.3) is 0 Å². The zero-order valence-corrected chi connectivity index (χ0v) is 26.4. The summed E-state index contributed by atoms with van der Waals surface area (Å²) in [5.74, 6) is -0.275. The molecule has 0 aliphatic carbocycles. The first kappa shape index (κ1) is 39.2.